The molecule has 1 aromatic rings. The predicted molar refractivity (Wildman–Crippen MR) is 118 cm³/mol. The zero-order chi connectivity index (χ0) is 18.6. The quantitative estimate of drug-likeness (QED) is 0.213. The van der Waals surface area contributed by atoms with Crippen molar-refractivity contribution in [1.82, 2.24) is 15.8 Å². The first kappa shape index (κ1) is 24.2. The lowest BCUT2D eigenvalue weighted by Gasteiger charge is -2.12. The molecule has 1 aliphatic rings. The van der Waals surface area contributed by atoms with E-state index in [1.54, 1.807) is 0 Å². The molecule has 1 unspecified atom stereocenters. The molecule has 156 valence electrons. The zero-order valence-corrected chi connectivity index (χ0v) is 19.2. The first-order valence-corrected chi connectivity index (χ1v) is 9.96. The van der Waals surface area contributed by atoms with E-state index in [1.165, 1.54) is 0 Å². The minimum atomic E-state index is 0. The SMILES string of the molecule is CCNC(=NCc1c(CC)noc1CC)NCCCOCC1CCCO1.I. The number of aromatic nitrogens is 1. The summed E-state index contributed by atoms with van der Waals surface area (Å²) in [7, 11) is 0. The second-order valence-electron chi connectivity index (χ2n) is 6.42. The van der Waals surface area contributed by atoms with E-state index in [0.717, 1.165) is 81.4 Å². The molecular formula is C19H35IN4O3. The number of guanidine groups is 1. The average Bonchev–Trinajstić information content (AvgIpc) is 3.31. The van der Waals surface area contributed by atoms with E-state index in [0.29, 0.717) is 19.3 Å². The molecule has 0 radical (unpaired) electrons. The molecule has 1 fully saturated rings. The van der Waals surface area contributed by atoms with E-state index in [9.17, 15) is 0 Å². The Morgan fingerprint density at radius 1 is 1.26 bits per heavy atom. The molecule has 0 aliphatic carbocycles. The highest BCUT2D eigenvalue weighted by Crippen LogP contribution is 2.16. The van der Waals surface area contributed by atoms with Crippen LogP contribution in [-0.2, 0) is 28.9 Å². The number of hydrogen-bond donors (Lipinski definition) is 2. The Kier molecular flexibility index (Phi) is 12.7. The van der Waals surface area contributed by atoms with Gasteiger partial charge in [-0.15, -0.1) is 24.0 Å². The standard InChI is InChI=1S/C19H34N4O3.HI/c1-4-17-16(18(5-2)26-23-17)13-22-19(20-6-3)21-10-8-11-24-14-15-9-7-12-25-15;/h15H,4-14H2,1-3H3,(H2,20,21,22);1H. The maximum Gasteiger partial charge on any atom is 0.191 e. The molecule has 0 amide bonds. The van der Waals surface area contributed by atoms with E-state index >= 15 is 0 Å². The Morgan fingerprint density at radius 2 is 2.11 bits per heavy atom. The molecular weight excluding hydrogens is 459 g/mol. The van der Waals surface area contributed by atoms with Crippen molar-refractivity contribution in [1.29, 1.82) is 0 Å². The van der Waals surface area contributed by atoms with Gasteiger partial charge in [0.1, 0.15) is 5.76 Å². The molecule has 27 heavy (non-hydrogen) atoms. The van der Waals surface area contributed by atoms with Gasteiger partial charge in [-0.1, -0.05) is 19.0 Å². The van der Waals surface area contributed by atoms with E-state index in [2.05, 4.69) is 41.6 Å². The first-order valence-electron chi connectivity index (χ1n) is 9.96. The van der Waals surface area contributed by atoms with Crippen LogP contribution in [0.4, 0.5) is 0 Å². The number of aliphatic imine (C=N–C) groups is 1. The highest BCUT2D eigenvalue weighted by atomic mass is 127. The zero-order valence-electron chi connectivity index (χ0n) is 16.9. The summed E-state index contributed by atoms with van der Waals surface area (Å²) < 4.78 is 16.7. The van der Waals surface area contributed by atoms with Crippen LogP contribution >= 0.6 is 24.0 Å². The van der Waals surface area contributed by atoms with Gasteiger partial charge in [-0.2, -0.15) is 0 Å². The fraction of sp³-hybridized carbons (Fsp3) is 0.789. The number of nitrogens with zero attached hydrogens (tertiary/aromatic N) is 2. The van der Waals surface area contributed by atoms with Crippen LogP contribution in [0.2, 0.25) is 0 Å². The van der Waals surface area contributed by atoms with E-state index in [-0.39, 0.29) is 24.0 Å². The molecule has 1 aliphatic heterocycles. The van der Waals surface area contributed by atoms with Crippen LogP contribution in [0.3, 0.4) is 0 Å². The van der Waals surface area contributed by atoms with Gasteiger partial charge in [0, 0.05) is 38.3 Å². The lowest BCUT2D eigenvalue weighted by Crippen LogP contribution is -2.38. The Labute approximate surface area is 180 Å². The van der Waals surface area contributed by atoms with Gasteiger partial charge in [-0.3, -0.25) is 0 Å². The second-order valence-corrected chi connectivity index (χ2v) is 6.42. The third kappa shape index (κ3) is 8.35. The van der Waals surface area contributed by atoms with Crippen LogP contribution in [0.5, 0.6) is 0 Å². The summed E-state index contributed by atoms with van der Waals surface area (Å²) in [6.45, 7) is 10.8. The van der Waals surface area contributed by atoms with Crippen LogP contribution in [0, 0.1) is 0 Å². The van der Waals surface area contributed by atoms with Gasteiger partial charge >= 0.3 is 0 Å². The third-order valence-corrected chi connectivity index (χ3v) is 4.43. The van der Waals surface area contributed by atoms with Crippen molar-refractivity contribution in [3.63, 3.8) is 0 Å². The Bertz CT molecular complexity index is 524. The Balaban J connectivity index is 0.00000364. The number of halogens is 1. The molecule has 0 bridgehead atoms. The normalized spacial score (nSPS) is 17.0. The van der Waals surface area contributed by atoms with Gasteiger partial charge in [-0.05, 0) is 32.6 Å². The smallest absolute Gasteiger partial charge is 0.191 e. The van der Waals surface area contributed by atoms with Crippen molar-refractivity contribution in [3.05, 3.63) is 17.0 Å². The highest BCUT2D eigenvalue weighted by molar-refractivity contribution is 14.0. The lowest BCUT2D eigenvalue weighted by molar-refractivity contribution is 0.0168. The van der Waals surface area contributed by atoms with Crippen molar-refractivity contribution in [2.75, 3.05) is 32.9 Å². The molecule has 7 nitrogen and oxygen atoms in total. The molecule has 1 saturated heterocycles. The fourth-order valence-electron chi connectivity index (χ4n) is 2.99. The number of hydrogen-bond acceptors (Lipinski definition) is 5. The maximum atomic E-state index is 5.69. The van der Waals surface area contributed by atoms with Crippen molar-refractivity contribution in [3.8, 4) is 0 Å². The van der Waals surface area contributed by atoms with Crippen molar-refractivity contribution in [2.24, 2.45) is 4.99 Å². The second kappa shape index (κ2) is 14.2. The van der Waals surface area contributed by atoms with E-state index < -0.39 is 0 Å². The van der Waals surface area contributed by atoms with Crippen molar-refractivity contribution in [2.45, 2.75) is 65.5 Å². The monoisotopic (exact) mass is 494 g/mol. The number of ether oxygens (including phenoxy) is 2. The molecule has 0 saturated carbocycles. The van der Waals surface area contributed by atoms with Crippen LogP contribution < -0.4 is 10.6 Å². The summed E-state index contributed by atoms with van der Waals surface area (Å²) in [5, 5.41) is 10.8. The summed E-state index contributed by atoms with van der Waals surface area (Å²) in [6.07, 6.45) is 5.21. The fourth-order valence-corrected chi connectivity index (χ4v) is 2.99. The minimum absolute atomic E-state index is 0. The van der Waals surface area contributed by atoms with Gasteiger partial charge in [0.05, 0.1) is 24.9 Å². The largest absolute Gasteiger partial charge is 0.379 e. The molecule has 2 rings (SSSR count). The van der Waals surface area contributed by atoms with Gasteiger partial charge in [0.15, 0.2) is 5.96 Å². The maximum absolute atomic E-state index is 5.69. The topological polar surface area (TPSA) is 80.9 Å². The summed E-state index contributed by atoms with van der Waals surface area (Å²) in [5.41, 5.74) is 2.12. The lowest BCUT2D eigenvalue weighted by atomic mass is 10.1. The molecule has 2 heterocycles. The Hall–Kier alpha value is -0.870. The Morgan fingerprint density at radius 3 is 2.78 bits per heavy atom. The molecule has 0 spiro atoms. The summed E-state index contributed by atoms with van der Waals surface area (Å²) >= 11 is 0. The van der Waals surface area contributed by atoms with Crippen LogP contribution in [-0.4, -0.2) is 50.1 Å². The molecule has 1 aromatic heterocycles. The van der Waals surface area contributed by atoms with Gasteiger partial charge < -0.3 is 24.6 Å². The van der Waals surface area contributed by atoms with Gasteiger partial charge in [0.25, 0.3) is 0 Å². The van der Waals surface area contributed by atoms with Crippen LogP contribution in [0.1, 0.15) is 57.1 Å². The first-order chi connectivity index (χ1) is 12.8. The molecule has 0 aromatic carbocycles. The van der Waals surface area contributed by atoms with Crippen molar-refractivity contribution < 1.29 is 14.0 Å². The average molecular weight is 494 g/mol. The van der Waals surface area contributed by atoms with Crippen LogP contribution in [0.15, 0.2) is 9.52 Å². The van der Waals surface area contributed by atoms with Gasteiger partial charge in [-0.25, -0.2) is 4.99 Å². The number of nitrogens with one attached hydrogen (secondary N) is 2. The minimum Gasteiger partial charge on any atom is -0.379 e. The molecule has 2 N–H and O–H groups in total. The van der Waals surface area contributed by atoms with Crippen molar-refractivity contribution >= 4 is 29.9 Å². The third-order valence-electron chi connectivity index (χ3n) is 4.43. The van der Waals surface area contributed by atoms with Gasteiger partial charge in [0.2, 0.25) is 0 Å². The highest BCUT2D eigenvalue weighted by Gasteiger charge is 2.15. The van der Waals surface area contributed by atoms with E-state index in [1.807, 2.05) is 0 Å². The summed E-state index contributed by atoms with van der Waals surface area (Å²) in [5.74, 6) is 1.75. The number of rotatable bonds is 11. The van der Waals surface area contributed by atoms with Crippen LogP contribution in [0.25, 0.3) is 0 Å². The molecule has 8 heteroatoms. The summed E-state index contributed by atoms with van der Waals surface area (Å²) in [6, 6.07) is 0. The molecule has 1 atom stereocenters. The predicted octanol–water partition coefficient (Wildman–Crippen LogP) is 3.06. The van der Waals surface area contributed by atoms with E-state index in [4.69, 9.17) is 14.0 Å². The number of aryl methyl sites for hydroxylation is 2. The summed E-state index contributed by atoms with van der Waals surface area (Å²) in [4.78, 5) is 4.69.